The van der Waals surface area contributed by atoms with Crippen LogP contribution in [0.2, 0.25) is 0 Å². The number of amides is 2. The summed E-state index contributed by atoms with van der Waals surface area (Å²) in [6.45, 7) is 6.45. The van der Waals surface area contributed by atoms with Gasteiger partial charge in [0.2, 0.25) is 11.8 Å². The van der Waals surface area contributed by atoms with E-state index in [2.05, 4.69) is 10.6 Å². The number of hydrogen-bond donors (Lipinski definition) is 2. The van der Waals surface area contributed by atoms with Crippen LogP contribution in [0.5, 0.6) is 0 Å². The Balaban J connectivity index is 2.54. The van der Waals surface area contributed by atoms with Crippen LogP contribution in [0.25, 0.3) is 0 Å². The zero-order valence-corrected chi connectivity index (χ0v) is 13.2. The molecule has 1 rings (SSSR count). The number of rotatable bonds is 7. The molecule has 0 fully saturated rings. The van der Waals surface area contributed by atoms with E-state index >= 15 is 0 Å². The van der Waals surface area contributed by atoms with Crippen molar-refractivity contribution < 1.29 is 14.3 Å². The van der Waals surface area contributed by atoms with Gasteiger partial charge in [-0.1, -0.05) is 29.8 Å². The van der Waals surface area contributed by atoms with Crippen molar-refractivity contribution in [2.45, 2.75) is 27.3 Å². The Labute approximate surface area is 126 Å². The molecule has 0 aliphatic carbocycles. The van der Waals surface area contributed by atoms with Crippen molar-refractivity contribution in [3.8, 4) is 0 Å². The Hall–Kier alpha value is -1.88. The Kier molecular flexibility index (Phi) is 6.37. The van der Waals surface area contributed by atoms with Crippen LogP contribution in [0.1, 0.15) is 25.0 Å². The topological polar surface area (TPSA) is 67.4 Å². The van der Waals surface area contributed by atoms with E-state index in [9.17, 15) is 9.59 Å². The first-order chi connectivity index (χ1) is 9.87. The van der Waals surface area contributed by atoms with E-state index in [1.165, 1.54) is 0 Å². The fraction of sp³-hybridized carbons (Fsp3) is 0.500. The molecule has 1 aromatic carbocycles. The second kappa shape index (κ2) is 7.78. The Morgan fingerprint density at radius 2 is 1.86 bits per heavy atom. The summed E-state index contributed by atoms with van der Waals surface area (Å²) in [6, 6.07) is 7.89. The molecule has 21 heavy (non-hydrogen) atoms. The van der Waals surface area contributed by atoms with Crippen LogP contribution in [-0.4, -0.2) is 32.1 Å². The van der Waals surface area contributed by atoms with Gasteiger partial charge >= 0.3 is 0 Å². The predicted molar refractivity (Wildman–Crippen MR) is 81.7 cm³/mol. The van der Waals surface area contributed by atoms with Crippen molar-refractivity contribution >= 4 is 11.8 Å². The number of benzene rings is 1. The zero-order valence-electron chi connectivity index (χ0n) is 13.2. The van der Waals surface area contributed by atoms with Crippen LogP contribution in [0.15, 0.2) is 24.3 Å². The lowest BCUT2D eigenvalue weighted by atomic mass is 9.91. The molecule has 2 amide bonds. The fourth-order valence-electron chi connectivity index (χ4n) is 1.82. The number of carbonyl (C=O) groups is 2. The largest absolute Gasteiger partial charge is 0.383 e. The Morgan fingerprint density at radius 3 is 2.48 bits per heavy atom. The lowest BCUT2D eigenvalue weighted by Crippen LogP contribution is -2.48. The lowest BCUT2D eigenvalue weighted by Gasteiger charge is -2.22. The van der Waals surface area contributed by atoms with Crippen LogP contribution in [0, 0.1) is 12.3 Å². The first-order valence-electron chi connectivity index (χ1n) is 6.99. The monoisotopic (exact) mass is 292 g/mol. The first-order valence-corrected chi connectivity index (χ1v) is 6.99. The number of hydrogen-bond acceptors (Lipinski definition) is 3. The number of ether oxygens (including phenoxy) is 1. The van der Waals surface area contributed by atoms with Gasteiger partial charge < -0.3 is 15.4 Å². The van der Waals surface area contributed by atoms with Gasteiger partial charge in [0.05, 0.1) is 6.61 Å². The smallest absolute Gasteiger partial charge is 0.235 e. The van der Waals surface area contributed by atoms with Gasteiger partial charge in [-0.15, -0.1) is 0 Å². The summed E-state index contributed by atoms with van der Waals surface area (Å²) in [6.07, 6.45) is 0. The predicted octanol–water partition coefficient (Wildman–Crippen LogP) is 1.40. The van der Waals surface area contributed by atoms with Crippen LogP contribution in [0.3, 0.4) is 0 Å². The van der Waals surface area contributed by atoms with Crippen molar-refractivity contribution in [1.29, 1.82) is 0 Å². The highest BCUT2D eigenvalue weighted by atomic mass is 16.5. The van der Waals surface area contributed by atoms with E-state index in [-0.39, 0.29) is 11.8 Å². The van der Waals surface area contributed by atoms with Crippen LogP contribution >= 0.6 is 0 Å². The van der Waals surface area contributed by atoms with E-state index in [1.54, 1.807) is 21.0 Å². The summed E-state index contributed by atoms with van der Waals surface area (Å²) in [5.41, 5.74) is 1.04. The SMILES string of the molecule is COCCNC(=O)C(C)(C)C(=O)NCc1cccc(C)c1. The number of methoxy groups -OCH3 is 1. The number of aryl methyl sites for hydroxylation is 1. The van der Waals surface area contributed by atoms with Crippen molar-refractivity contribution in [3.05, 3.63) is 35.4 Å². The molecule has 0 unspecified atom stereocenters. The molecule has 116 valence electrons. The van der Waals surface area contributed by atoms with Crippen LogP contribution in [-0.2, 0) is 20.9 Å². The highest BCUT2D eigenvalue weighted by Gasteiger charge is 2.35. The standard InChI is InChI=1S/C16H24N2O3/c1-12-6-5-7-13(10-12)11-18-15(20)16(2,3)14(19)17-8-9-21-4/h5-7,10H,8-9,11H2,1-4H3,(H,17,19)(H,18,20). The summed E-state index contributed by atoms with van der Waals surface area (Å²) >= 11 is 0. The summed E-state index contributed by atoms with van der Waals surface area (Å²) in [5, 5.41) is 5.49. The van der Waals surface area contributed by atoms with Crippen molar-refractivity contribution in [3.63, 3.8) is 0 Å². The molecule has 0 spiro atoms. The minimum absolute atomic E-state index is 0.293. The molecular formula is C16H24N2O3. The molecule has 2 N–H and O–H groups in total. The highest BCUT2D eigenvalue weighted by molar-refractivity contribution is 6.04. The minimum Gasteiger partial charge on any atom is -0.383 e. The van der Waals surface area contributed by atoms with Gasteiger partial charge in [0.15, 0.2) is 0 Å². The molecule has 1 aromatic rings. The maximum absolute atomic E-state index is 12.2. The molecular weight excluding hydrogens is 268 g/mol. The van der Waals surface area contributed by atoms with Crippen LogP contribution in [0.4, 0.5) is 0 Å². The molecule has 0 bridgehead atoms. The van der Waals surface area contributed by atoms with Gasteiger partial charge in [0.1, 0.15) is 5.41 Å². The number of nitrogens with one attached hydrogen (secondary N) is 2. The van der Waals surface area contributed by atoms with Crippen molar-refractivity contribution in [2.75, 3.05) is 20.3 Å². The molecule has 0 saturated heterocycles. The molecule has 0 saturated carbocycles. The summed E-state index contributed by atoms with van der Waals surface area (Å²) < 4.78 is 4.87. The molecule has 0 aromatic heterocycles. The van der Waals surface area contributed by atoms with Crippen molar-refractivity contribution in [1.82, 2.24) is 10.6 Å². The third kappa shape index (κ3) is 5.19. The molecule has 0 heterocycles. The summed E-state index contributed by atoms with van der Waals surface area (Å²) in [7, 11) is 1.56. The second-order valence-corrected chi connectivity index (χ2v) is 5.55. The average Bonchev–Trinajstić information content (AvgIpc) is 2.44. The molecule has 5 nitrogen and oxygen atoms in total. The first kappa shape index (κ1) is 17.2. The van der Waals surface area contributed by atoms with Gasteiger partial charge in [0.25, 0.3) is 0 Å². The normalized spacial score (nSPS) is 11.0. The summed E-state index contributed by atoms with van der Waals surface area (Å²) in [4.78, 5) is 24.2. The van der Waals surface area contributed by atoms with Gasteiger partial charge in [-0.05, 0) is 26.3 Å². The van der Waals surface area contributed by atoms with E-state index in [1.807, 2.05) is 31.2 Å². The molecule has 0 aliphatic heterocycles. The highest BCUT2D eigenvalue weighted by Crippen LogP contribution is 2.15. The number of carbonyl (C=O) groups excluding carboxylic acids is 2. The van der Waals surface area contributed by atoms with E-state index in [0.29, 0.717) is 19.7 Å². The zero-order chi connectivity index (χ0) is 15.9. The molecule has 0 radical (unpaired) electrons. The lowest BCUT2D eigenvalue weighted by molar-refractivity contribution is -0.141. The third-order valence-electron chi connectivity index (χ3n) is 3.26. The summed E-state index contributed by atoms with van der Waals surface area (Å²) in [5.74, 6) is -0.597. The fourth-order valence-corrected chi connectivity index (χ4v) is 1.82. The van der Waals surface area contributed by atoms with E-state index in [0.717, 1.165) is 11.1 Å². The Morgan fingerprint density at radius 1 is 1.19 bits per heavy atom. The second-order valence-electron chi connectivity index (χ2n) is 5.55. The molecule has 0 atom stereocenters. The van der Waals surface area contributed by atoms with Gasteiger partial charge in [0, 0.05) is 20.2 Å². The van der Waals surface area contributed by atoms with E-state index < -0.39 is 5.41 Å². The van der Waals surface area contributed by atoms with Gasteiger partial charge in [-0.25, -0.2) is 0 Å². The minimum atomic E-state index is -1.11. The average molecular weight is 292 g/mol. The third-order valence-corrected chi connectivity index (χ3v) is 3.26. The van der Waals surface area contributed by atoms with Gasteiger partial charge in [-0.3, -0.25) is 9.59 Å². The van der Waals surface area contributed by atoms with Gasteiger partial charge in [-0.2, -0.15) is 0 Å². The van der Waals surface area contributed by atoms with E-state index in [4.69, 9.17) is 4.74 Å². The maximum atomic E-state index is 12.2. The molecule has 0 aliphatic rings. The maximum Gasteiger partial charge on any atom is 0.235 e. The van der Waals surface area contributed by atoms with Crippen LogP contribution < -0.4 is 10.6 Å². The Bertz CT molecular complexity index is 498. The quantitative estimate of drug-likeness (QED) is 0.589. The molecule has 5 heteroatoms. The van der Waals surface area contributed by atoms with Crippen molar-refractivity contribution in [2.24, 2.45) is 5.41 Å².